The Labute approximate surface area is 331 Å². The molecule has 1 aromatic heterocycles. The van der Waals surface area contributed by atoms with Crippen molar-refractivity contribution in [1.82, 2.24) is 14.4 Å². The molecule has 0 radical (unpaired) electrons. The minimum absolute atomic E-state index is 0.0106. The third-order valence-electron chi connectivity index (χ3n) is 10.2. The van der Waals surface area contributed by atoms with Gasteiger partial charge < -0.3 is 14.4 Å². The molecule has 12 heteroatoms. The maximum atomic E-state index is 15.2. The monoisotopic (exact) mass is 793 g/mol. The van der Waals surface area contributed by atoms with E-state index in [-0.39, 0.29) is 44.2 Å². The second-order valence-corrected chi connectivity index (χ2v) is 16.1. The van der Waals surface area contributed by atoms with Gasteiger partial charge in [-0.25, -0.2) is 4.79 Å². The molecule has 0 spiro atoms. The van der Waals surface area contributed by atoms with Crippen LogP contribution in [0.2, 0.25) is 0 Å². The Bertz CT molecular complexity index is 2460. The number of carbonyl (C=O) groups excluding carboxylic acids is 4. The van der Waals surface area contributed by atoms with Gasteiger partial charge in [-0.15, -0.1) is 0 Å². The van der Waals surface area contributed by atoms with Crippen LogP contribution in [0.3, 0.4) is 0 Å². The first-order valence-electron chi connectivity index (χ1n) is 17.8. The van der Waals surface area contributed by atoms with Gasteiger partial charge in [0.05, 0.1) is 23.7 Å². The Morgan fingerprint density at radius 3 is 2.11 bits per heavy atom. The van der Waals surface area contributed by atoms with Crippen molar-refractivity contribution >= 4 is 97.2 Å². The zero-order chi connectivity index (χ0) is 38.3. The number of benzene rings is 5. The van der Waals surface area contributed by atoms with Gasteiger partial charge in [0.25, 0.3) is 5.91 Å². The Kier molecular flexibility index (Phi) is 10.0. The van der Waals surface area contributed by atoms with E-state index in [4.69, 9.17) is 44.3 Å². The van der Waals surface area contributed by atoms with Crippen LogP contribution in [0, 0.1) is 0 Å². The molecule has 2 aliphatic heterocycles. The van der Waals surface area contributed by atoms with Gasteiger partial charge in [-0.1, -0.05) is 132 Å². The molecule has 6 aromatic rings. The molecular formula is C43H34Cl3N3O6. The lowest BCUT2D eigenvalue weighted by atomic mass is 9.96. The van der Waals surface area contributed by atoms with Gasteiger partial charge in [0, 0.05) is 30.1 Å². The standard InChI is InChI=1S/C43H34Cl3N3O6/c44-43(45,46)26-55-42(53)47-21-20-33-32-16-8-9-17-35(32)49(40(33)37(47)23-39(51)54-25-27-10-2-1-3-11-27)41(52)36-18-19-38(50)48(36)24-34-30-14-6-4-12-28(30)22-29-13-5-7-15-31(29)34/h1-17,20-22,36-37H,18-19,23-26H2/t36-,37-/m0/s1. The van der Waals surface area contributed by atoms with E-state index in [0.29, 0.717) is 16.8 Å². The number of alkyl halides is 3. The second-order valence-electron chi connectivity index (χ2n) is 13.6. The first-order chi connectivity index (χ1) is 26.6. The van der Waals surface area contributed by atoms with Crippen molar-refractivity contribution in [2.45, 2.75) is 48.3 Å². The number of hydrogen-bond acceptors (Lipinski definition) is 6. The number of esters is 1. The third kappa shape index (κ3) is 7.27. The van der Waals surface area contributed by atoms with Gasteiger partial charge >= 0.3 is 12.1 Å². The highest BCUT2D eigenvalue weighted by atomic mass is 35.6. The molecule has 2 atom stereocenters. The van der Waals surface area contributed by atoms with E-state index in [0.717, 1.165) is 38.1 Å². The molecule has 0 N–H and O–H groups in total. The molecule has 0 aliphatic carbocycles. The fourth-order valence-electron chi connectivity index (χ4n) is 7.76. The number of carbonyl (C=O) groups is 4. The van der Waals surface area contributed by atoms with Crippen molar-refractivity contribution in [2.75, 3.05) is 6.61 Å². The van der Waals surface area contributed by atoms with Gasteiger partial charge in [-0.3, -0.25) is 23.9 Å². The summed E-state index contributed by atoms with van der Waals surface area (Å²) in [5, 5.41) is 4.80. The van der Waals surface area contributed by atoms with Crippen LogP contribution in [0.1, 0.15) is 52.5 Å². The Balaban J connectivity index is 1.20. The molecule has 278 valence electrons. The Hall–Kier alpha value is -5.35. The summed E-state index contributed by atoms with van der Waals surface area (Å²) >= 11 is 17.8. The molecule has 1 fully saturated rings. The average molecular weight is 795 g/mol. The van der Waals surface area contributed by atoms with Crippen LogP contribution >= 0.6 is 34.8 Å². The van der Waals surface area contributed by atoms with Gasteiger partial charge in [-0.2, -0.15) is 0 Å². The molecule has 0 bridgehead atoms. The molecule has 0 unspecified atom stereocenters. The third-order valence-corrected chi connectivity index (χ3v) is 10.6. The maximum Gasteiger partial charge on any atom is 0.414 e. The van der Waals surface area contributed by atoms with E-state index in [1.54, 1.807) is 15.5 Å². The number of fused-ring (bicyclic) bond motifs is 5. The summed E-state index contributed by atoms with van der Waals surface area (Å²) in [6.07, 6.45) is 2.45. The number of hydrogen-bond donors (Lipinski definition) is 0. The molecule has 55 heavy (non-hydrogen) atoms. The summed E-state index contributed by atoms with van der Waals surface area (Å²) in [6, 6.07) is 32.9. The Morgan fingerprint density at radius 1 is 0.782 bits per heavy atom. The summed E-state index contributed by atoms with van der Waals surface area (Å²) in [7, 11) is 0. The van der Waals surface area contributed by atoms with Gasteiger partial charge in [-0.05, 0) is 57.3 Å². The zero-order valence-electron chi connectivity index (χ0n) is 29.4. The predicted molar refractivity (Wildman–Crippen MR) is 214 cm³/mol. The molecule has 2 amide bonds. The average Bonchev–Trinajstić information content (AvgIpc) is 3.73. The van der Waals surface area contributed by atoms with Crippen molar-refractivity contribution in [3.8, 4) is 0 Å². The molecule has 3 heterocycles. The number of aromatic nitrogens is 1. The summed E-state index contributed by atoms with van der Waals surface area (Å²) in [4.78, 5) is 59.1. The van der Waals surface area contributed by atoms with Crippen LogP contribution < -0.4 is 0 Å². The van der Waals surface area contributed by atoms with E-state index in [2.05, 4.69) is 6.07 Å². The van der Waals surface area contributed by atoms with Gasteiger partial charge in [0.1, 0.15) is 19.3 Å². The van der Waals surface area contributed by atoms with Crippen LogP contribution in [-0.4, -0.2) is 54.7 Å². The number of amides is 2. The molecule has 1 saturated heterocycles. The summed E-state index contributed by atoms with van der Waals surface area (Å²) < 4.78 is 10.7. The lowest BCUT2D eigenvalue weighted by Crippen LogP contribution is -2.43. The van der Waals surface area contributed by atoms with Gasteiger partial charge in [0.2, 0.25) is 9.70 Å². The lowest BCUT2D eigenvalue weighted by Gasteiger charge is -2.33. The molecule has 9 nitrogen and oxygen atoms in total. The minimum Gasteiger partial charge on any atom is -0.461 e. The molecule has 8 rings (SSSR count). The molecule has 0 saturated carbocycles. The number of likely N-dealkylation sites (tertiary alicyclic amines) is 1. The largest absolute Gasteiger partial charge is 0.461 e. The number of nitrogens with zero attached hydrogens (tertiary/aromatic N) is 3. The van der Waals surface area contributed by atoms with Crippen molar-refractivity contribution in [3.63, 3.8) is 0 Å². The first kappa shape index (κ1) is 36.6. The lowest BCUT2D eigenvalue weighted by molar-refractivity contribution is -0.146. The predicted octanol–water partition coefficient (Wildman–Crippen LogP) is 9.75. The van der Waals surface area contributed by atoms with Crippen LogP contribution in [-0.2, 0) is 32.2 Å². The van der Waals surface area contributed by atoms with E-state index in [1.807, 2.05) is 103 Å². The number of ether oxygens (including phenoxy) is 2. The van der Waals surface area contributed by atoms with E-state index in [9.17, 15) is 14.4 Å². The van der Waals surface area contributed by atoms with Crippen molar-refractivity contribution in [1.29, 1.82) is 0 Å². The summed E-state index contributed by atoms with van der Waals surface area (Å²) in [5.41, 5.74) is 3.33. The summed E-state index contributed by atoms with van der Waals surface area (Å²) in [5.74, 6) is -1.11. The van der Waals surface area contributed by atoms with Crippen molar-refractivity contribution < 1.29 is 28.7 Å². The molecular weight excluding hydrogens is 761 g/mol. The zero-order valence-corrected chi connectivity index (χ0v) is 31.6. The van der Waals surface area contributed by atoms with E-state index < -0.39 is 34.5 Å². The second kappa shape index (κ2) is 15.1. The van der Waals surface area contributed by atoms with Gasteiger partial charge in [0.15, 0.2) is 0 Å². The van der Waals surface area contributed by atoms with Crippen LogP contribution in [0.25, 0.3) is 38.5 Å². The number of rotatable bonds is 8. The normalized spacial score (nSPS) is 16.9. The number of halogens is 3. The number of para-hydroxylation sites is 1. The quantitative estimate of drug-likeness (QED) is 0.0865. The highest BCUT2D eigenvalue weighted by Gasteiger charge is 2.42. The fraction of sp³-hybridized carbons (Fsp3) is 0.209. The molecule has 2 aliphatic rings. The highest BCUT2D eigenvalue weighted by molar-refractivity contribution is 6.67. The van der Waals surface area contributed by atoms with Crippen molar-refractivity contribution in [3.05, 3.63) is 138 Å². The van der Waals surface area contributed by atoms with Crippen molar-refractivity contribution in [2.24, 2.45) is 0 Å². The Morgan fingerprint density at radius 2 is 1.42 bits per heavy atom. The van der Waals surface area contributed by atoms with Crippen LogP contribution in [0.5, 0.6) is 0 Å². The minimum atomic E-state index is -1.89. The van der Waals surface area contributed by atoms with Crippen LogP contribution in [0.15, 0.2) is 115 Å². The topological polar surface area (TPSA) is 98.2 Å². The summed E-state index contributed by atoms with van der Waals surface area (Å²) in [6.45, 7) is -0.331. The highest BCUT2D eigenvalue weighted by Crippen LogP contribution is 2.42. The first-order valence-corrected chi connectivity index (χ1v) is 19.0. The fourth-order valence-corrected chi connectivity index (χ4v) is 7.92. The SMILES string of the molecule is O=C(C[C@H]1c2c(c3ccccc3n2C(=O)[C@@H]2CCC(=O)N2Cc2c3ccccc3cc3ccccc23)C=CN1C(=O)OCC(Cl)(Cl)Cl)OCc1ccccc1. The molecule has 5 aromatic carbocycles. The van der Waals surface area contributed by atoms with E-state index >= 15 is 4.79 Å². The van der Waals surface area contributed by atoms with E-state index in [1.165, 1.54) is 11.1 Å². The maximum absolute atomic E-state index is 15.2. The van der Waals surface area contributed by atoms with Crippen LogP contribution in [0.4, 0.5) is 4.79 Å². The smallest absolute Gasteiger partial charge is 0.414 e.